The molecule has 0 aliphatic heterocycles. The molecule has 4 aromatic carbocycles. The molecule has 5 rings (SSSR count). The van der Waals surface area contributed by atoms with Gasteiger partial charge in [-0.15, -0.1) is 23.1 Å². The molecule has 6 nitrogen and oxygen atoms in total. The van der Waals surface area contributed by atoms with E-state index in [4.69, 9.17) is 11.6 Å². The number of carbonyl (C=O) groups is 3. The molecule has 0 aliphatic carbocycles. The standard InChI is InChI=1S/C35H28ClN3O3S2/c1-23-14-15-26(36)21-30(23)38-35(42)32(24-9-4-2-5-10-24)44-28-18-16-27(17-19-28)37-34(41)31(22-29-13-8-20-43-29)39-33(40)25-11-6-3-7-12-25/h2-22,32H,1H3,(H,37,41)(H,38,42)(H,39,40)/b31-22-. The van der Waals surface area contributed by atoms with Gasteiger partial charge in [0.05, 0.1) is 0 Å². The zero-order chi connectivity index (χ0) is 30.9. The van der Waals surface area contributed by atoms with Crippen molar-refractivity contribution in [1.82, 2.24) is 5.32 Å². The molecule has 3 amide bonds. The summed E-state index contributed by atoms with van der Waals surface area (Å²) in [5, 5.41) is 10.5. The number of thiophene rings is 1. The Morgan fingerprint density at radius 3 is 2.20 bits per heavy atom. The maximum atomic E-state index is 13.5. The Labute approximate surface area is 269 Å². The summed E-state index contributed by atoms with van der Waals surface area (Å²) in [6.07, 6.45) is 1.65. The van der Waals surface area contributed by atoms with E-state index in [0.29, 0.717) is 22.0 Å². The number of hydrogen-bond donors (Lipinski definition) is 3. The van der Waals surface area contributed by atoms with Gasteiger partial charge in [0.1, 0.15) is 10.9 Å². The van der Waals surface area contributed by atoms with Gasteiger partial charge in [0.15, 0.2) is 0 Å². The van der Waals surface area contributed by atoms with Gasteiger partial charge in [0, 0.05) is 31.7 Å². The Kier molecular flexibility index (Phi) is 10.3. The number of halogens is 1. The summed E-state index contributed by atoms with van der Waals surface area (Å²) in [5.74, 6) is -1.02. The first-order valence-corrected chi connectivity index (χ1v) is 15.8. The molecule has 5 aromatic rings. The highest BCUT2D eigenvalue weighted by Crippen LogP contribution is 2.37. The molecule has 0 aliphatic rings. The molecular formula is C35H28ClN3O3S2. The number of aryl methyl sites for hydroxylation is 1. The predicted molar refractivity (Wildman–Crippen MR) is 181 cm³/mol. The van der Waals surface area contributed by atoms with E-state index in [1.807, 2.05) is 79.0 Å². The van der Waals surface area contributed by atoms with Crippen molar-refractivity contribution >= 4 is 69.9 Å². The summed E-state index contributed by atoms with van der Waals surface area (Å²) in [6.45, 7) is 1.91. The second kappa shape index (κ2) is 14.7. The molecule has 0 saturated carbocycles. The van der Waals surface area contributed by atoms with E-state index in [1.165, 1.54) is 23.1 Å². The number of thioether (sulfide) groups is 1. The molecule has 1 aromatic heterocycles. The topological polar surface area (TPSA) is 87.3 Å². The van der Waals surface area contributed by atoms with Gasteiger partial charge in [-0.2, -0.15) is 0 Å². The van der Waals surface area contributed by atoms with E-state index in [1.54, 1.807) is 54.6 Å². The number of carbonyl (C=O) groups excluding carboxylic acids is 3. The third-order valence-electron chi connectivity index (χ3n) is 6.52. The van der Waals surface area contributed by atoms with Gasteiger partial charge in [-0.25, -0.2) is 0 Å². The lowest BCUT2D eigenvalue weighted by molar-refractivity contribution is -0.116. The molecule has 1 unspecified atom stereocenters. The van der Waals surface area contributed by atoms with Gasteiger partial charge in [0.25, 0.3) is 11.8 Å². The first-order chi connectivity index (χ1) is 21.4. The summed E-state index contributed by atoms with van der Waals surface area (Å²) in [5.41, 5.74) is 3.53. The predicted octanol–water partition coefficient (Wildman–Crippen LogP) is 8.59. The first-order valence-electron chi connectivity index (χ1n) is 13.7. The molecule has 44 heavy (non-hydrogen) atoms. The summed E-state index contributed by atoms with van der Waals surface area (Å²) in [4.78, 5) is 41.3. The molecule has 0 radical (unpaired) electrons. The molecule has 1 atom stereocenters. The number of nitrogens with one attached hydrogen (secondary N) is 3. The van der Waals surface area contributed by atoms with Gasteiger partial charge in [-0.3, -0.25) is 14.4 Å². The summed E-state index contributed by atoms with van der Waals surface area (Å²) in [7, 11) is 0. The number of rotatable bonds is 10. The highest BCUT2D eigenvalue weighted by molar-refractivity contribution is 8.00. The van der Waals surface area contributed by atoms with Gasteiger partial charge in [0.2, 0.25) is 5.91 Å². The van der Waals surface area contributed by atoms with Crippen LogP contribution in [-0.2, 0) is 9.59 Å². The molecule has 3 N–H and O–H groups in total. The van der Waals surface area contributed by atoms with Gasteiger partial charge in [-0.05, 0) is 84.1 Å². The van der Waals surface area contributed by atoms with E-state index >= 15 is 0 Å². The van der Waals surface area contributed by atoms with Crippen LogP contribution in [0.3, 0.4) is 0 Å². The molecule has 0 saturated heterocycles. The fourth-order valence-corrected chi connectivity index (χ4v) is 6.09. The molecule has 1 heterocycles. The van der Waals surface area contributed by atoms with Crippen LogP contribution in [0.2, 0.25) is 5.02 Å². The third-order valence-corrected chi connectivity index (χ3v) is 8.84. The molecule has 0 fully saturated rings. The maximum Gasteiger partial charge on any atom is 0.272 e. The first kappa shape index (κ1) is 30.8. The quantitative estimate of drug-likeness (QED) is 0.106. The number of hydrogen-bond acceptors (Lipinski definition) is 5. The lowest BCUT2D eigenvalue weighted by atomic mass is 10.1. The molecular weight excluding hydrogens is 610 g/mol. The minimum absolute atomic E-state index is 0.122. The molecule has 220 valence electrons. The maximum absolute atomic E-state index is 13.5. The van der Waals surface area contributed by atoms with Crippen molar-refractivity contribution in [2.45, 2.75) is 17.1 Å². The van der Waals surface area contributed by atoms with E-state index in [0.717, 1.165) is 20.9 Å². The van der Waals surface area contributed by atoms with E-state index < -0.39 is 11.2 Å². The SMILES string of the molecule is Cc1ccc(Cl)cc1NC(=O)C(Sc1ccc(NC(=O)/C(=C/c2cccs2)NC(=O)c2ccccc2)cc1)c1ccccc1. The van der Waals surface area contributed by atoms with Crippen molar-refractivity contribution < 1.29 is 14.4 Å². The van der Waals surface area contributed by atoms with Crippen LogP contribution in [0.15, 0.2) is 131 Å². The van der Waals surface area contributed by atoms with Crippen LogP contribution in [-0.4, -0.2) is 17.7 Å². The monoisotopic (exact) mass is 637 g/mol. The van der Waals surface area contributed by atoms with E-state index in [-0.39, 0.29) is 17.5 Å². The average molecular weight is 638 g/mol. The van der Waals surface area contributed by atoms with Crippen LogP contribution < -0.4 is 16.0 Å². The minimum atomic E-state index is -0.538. The Morgan fingerprint density at radius 1 is 0.818 bits per heavy atom. The molecule has 0 spiro atoms. The smallest absolute Gasteiger partial charge is 0.272 e. The lowest BCUT2D eigenvalue weighted by Crippen LogP contribution is -2.30. The van der Waals surface area contributed by atoms with Gasteiger partial charge in [-0.1, -0.05) is 72.3 Å². The molecule has 9 heteroatoms. The zero-order valence-corrected chi connectivity index (χ0v) is 26.0. The lowest BCUT2D eigenvalue weighted by Gasteiger charge is -2.18. The van der Waals surface area contributed by atoms with Crippen molar-refractivity contribution in [3.05, 3.63) is 153 Å². The average Bonchev–Trinajstić information content (AvgIpc) is 3.56. The van der Waals surface area contributed by atoms with Crippen LogP contribution in [0, 0.1) is 6.92 Å². The van der Waals surface area contributed by atoms with Crippen molar-refractivity contribution in [1.29, 1.82) is 0 Å². The zero-order valence-electron chi connectivity index (χ0n) is 23.6. The fourth-order valence-electron chi connectivity index (χ4n) is 4.24. The van der Waals surface area contributed by atoms with Crippen LogP contribution in [0.1, 0.15) is 31.6 Å². The van der Waals surface area contributed by atoms with Crippen LogP contribution in [0.5, 0.6) is 0 Å². The highest BCUT2D eigenvalue weighted by atomic mass is 35.5. The summed E-state index contributed by atoms with van der Waals surface area (Å²) >= 11 is 9.03. The minimum Gasteiger partial charge on any atom is -0.325 e. The Hall–Kier alpha value is -4.63. The highest BCUT2D eigenvalue weighted by Gasteiger charge is 2.23. The van der Waals surface area contributed by atoms with Gasteiger partial charge < -0.3 is 16.0 Å². The van der Waals surface area contributed by atoms with Crippen molar-refractivity contribution in [3.8, 4) is 0 Å². The van der Waals surface area contributed by atoms with Crippen LogP contribution >= 0.6 is 34.7 Å². The third kappa shape index (κ3) is 8.26. The van der Waals surface area contributed by atoms with Crippen LogP contribution in [0.4, 0.5) is 11.4 Å². The fraction of sp³-hybridized carbons (Fsp3) is 0.0571. The number of anilines is 2. The largest absolute Gasteiger partial charge is 0.325 e. The van der Waals surface area contributed by atoms with Crippen molar-refractivity contribution in [2.75, 3.05) is 10.6 Å². The Balaban J connectivity index is 1.31. The second-order valence-electron chi connectivity index (χ2n) is 9.73. The van der Waals surface area contributed by atoms with Gasteiger partial charge >= 0.3 is 0 Å². The Morgan fingerprint density at radius 2 is 1.52 bits per heavy atom. The Bertz CT molecular complexity index is 1780. The summed E-state index contributed by atoms with van der Waals surface area (Å²) in [6, 6.07) is 34.6. The normalized spacial score (nSPS) is 11.8. The van der Waals surface area contributed by atoms with E-state index in [9.17, 15) is 14.4 Å². The van der Waals surface area contributed by atoms with E-state index in [2.05, 4.69) is 16.0 Å². The van der Waals surface area contributed by atoms with Crippen molar-refractivity contribution in [2.24, 2.45) is 0 Å². The second-order valence-corrected chi connectivity index (χ2v) is 12.3. The summed E-state index contributed by atoms with van der Waals surface area (Å²) < 4.78 is 0. The van der Waals surface area contributed by atoms with Crippen LogP contribution in [0.25, 0.3) is 6.08 Å². The molecule has 0 bridgehead atoms. The van der Waals surface area contributed by atoms with Crippen molar-refractivity contribution in [3.63, 3.8) is 0 Å². The number of benzene rings is 4. The number of amides is 3.